The van der Waals surface area contributed by atoms with E-state index >= 15 is 0 Å². The van der Waals surface area contributed by atoms with Crippen molar-refractivity contribution >= 4 is 20.9 Å². The van der Waals surface area contributed by atoms with Gasteiger partial charge >= 0.3 is 0 Å². The van der Waals surface area contributed by atoms with Crippen LogP contribution in [0.4, 0.5) is 0 Å². The molecule has 0 aliphatic carbocycles. The van der Waals surface area contributed by atoms with Gasteiger partial charge in [-0.05, 0) is 44.9 Å². The third-order valence-corrected chi connectivity index (χ3v) is 7.20. The predicted molar refractivity (Wildman–Crippen MR) is 112 cm³/mol. The molecule has 1 saturated heterocycles. The number of fused-ring (bicyclic) bond motifs is 1. The summed E-state index contributed by atoms with van der Waals surface area (Å²) < 4.78 is 35.4. The molecule has 4 rings (SSSR count). The van der Waals surface area contributed by atoms with E-state index in [4.69, 9.17) is 4.74 Å². The maximum atomic E-state index is 13.1. The van der Waals surface area contributed by atoms with E-state index in [1.54, 1.807) is 22.6 Å². The monoisotopic (exact) mass is 414 g/mol. The maximum absolute atomic E-state index is 13.1. The van der Waals surface area contributed by atoms with Crippen molar-refractivity contribution in [2.24, 2.45) is 0 Å². The van der Waals surface area contributed by atoms with Crippen LogP contribution < -0.4 is 4.74 Å². The number of nitrogens with zero attached hydrogens (tertiary/aromatic N) is 4. The van der Waals surface area contributed by atoms with E-state index in [1.165, 1.54) is 11.8 Å². The van der Waals surface area contributed by atoms with Gasteiger partial charge in [0.05, 0.1) is 24.0 Å². The van der Waals surface area contributed by atoms with Crippen molar-refractivity contribution in [3.8, 4) is 5.88 Å². The third kappa shape index (κ3) is 3.74. The molecule has 0 N–H and O–H groups in total. The topological polar surface area (TPSA) is 77.3 Å². The van der Waals surface area contributed by atoms with Crippen LogP contribution in [0.2, 0.25) is 0 Å². The summed E-state index contributed by atoms with van der Waals surface area (Å²) >= 11 is 0. The number of sulfonamides is 1. The number of pyridine rings is 2. The molecule has 1 unspecified atom stereocenters. The first-order valence-electron chi connectivity index (χ1n) is 9.95. The van der Waals surface area contributed by atoms with Gasteiger partial charge in [0.15, 0.2) is 0 Å². The molecule has 29 heavy (non-hydrogen) atoms. The van der Waals surface area contributed by atoms with Crippen LogP contribution in [0.5, 0.6) is 5.88 Å². The maximum Gasteiger partial charge on any atom is 0.244 e. The quantitative estimate of drug-likeness (QED) is 0.618. The molecule has 0 radical (unpaired) electrons. The Morgan fingerprint density at radius 1 is 1.24 bits per heavy atom. The molecule has 0 amide bonds. The molecule has 0 aromatic carbocycles. The fourth-order valence-electron chi connectivity index (χ4n) is 3.93. The zero-order valence-corrected chi connectivity index (χ0v) is 17.8. The number of hydrogen-bond donors (Lipinski definition) is 0. The summed E-state index contributed by atoms with van der Waals surface area (Å²) in [6, 6.07) is 5.20. The zero-order valence-electron chi connectivity index (χ0n) is 16.9. The first-order chi connectivity index (χ1) is 13.9. The molecule has 1 aliphatic rings. The van der Waals surface area contributed by atoms with Crippen molar-refractivity contribution in [1.82, 2.24) is 18.8 Å². The van der Waals surface area contributed by atoms with Gasteiger partial charge in [-0.15, -0.1) is 0 Å². The van der Waals surface area contributed by atoms with E-state index in [1.807, 2.05) is 26.1 Å². The second-order valence-electron chi connectivity index (χ2n) is 7.61. The first kappa shape index (κ1) is 19.8. The summed E-state index contributed by atoms with van der Waals surface area (Å²) in [6.07, 6.45) is 7.98. The molecule has 0 saturated carbocycles. The third-order valence-electron chi connectivity index (χ3n) is 5.35. The van der Waals surface area contributed by atoms with Crippen molar-refractivity contribution < 1.29 is 13.2 Å². The SMILES string of the molecule is CCn1cc(C2CCN(S(=O)(=O)c3ccc(OC(C)C)nc3)C2)c2ccncc21. The fourth-order valence-corrected chi connectivity index (χ4v) is 5.38. The van der Waals surface area contributed by atoms with Crippen LogP contribution in [-0.2, 0) is 16.6 Å². The minimum Gasteiger partial charge on any atom is -0.475 e. The zero-order chi connectivity index (χ0) is 20.6. The molecule has 1 aliphatic heterocycles. The average Bonchev–Trinajstić information content (AvgIpc) is 3.33. The van der Waals surface area contributed by atoms with E-state index in [-0.39, 0.29) is 16.9 Å². The van der Waals surface area contributed by atoms with Crippen LogP contribution in [0.1, 0.15) is 38.7 Å². The van der Waals surface area contributed by atoms with Crippen LogP contribution in [0.3, 0.4) is 0 Å². The summed E-state index contributed by atoms with van der Waals surface area (Å²) in [5.74, 6) is 0.596. The molecule has 0 spiro atoms. The van der Waals surface area contributed by atoms with Gasteiger partial charge in [-0.2, -0.15) is 4.31 Å². The number of ether oxygens (including phenoxy) is 1. The number of rotatable bonds is 6. The molecule has 3 aromatic heterocycles. The summed E-state index contributed by atoms with van der Waals surface area (Å²) in [5.41, 5.74) is 2.29. The number of hydrogen-bond acceptors (Lipinski definition) is 5. The molecule has 7 nitrogen and oxygen atoms in total. The van der Waals surface area contributed by atoms with Gasteiger partial charge in [0.25, 0.3) is 0 Å². The van der Waals surface area contributed by atoms with E-state index in [2.05, 4.69) is 27.7 Å². The largest absolute Gasteiger partial charge is 0.475 e. The van der Waals surface area contributed by atoms with Crippen molar-refractivity contribution in [3.63, 3.8) is 0 Å². The first-order valence-corrected chi connectivity index (χ1v) is 11.4. The lowest BCUT2D eigenvalue weighted by Gasteiger charge is -2.17. The lowest BCUT2D eigenvalue weighted by atomic mass is 9.98. The molecule has 1 atom stereocenters. The number of aromatic nitrogens is 3. The highest BCUT2D eigenvalue weighted by atomic mass is 32.2. The summed E-state index contributed by atoms with van der Waals surface area (Å²) in [5, 5.41) is 1.16. The van der Waals surface area contributed by atoms with Crippen LogP contribution in [0.15, 0.2) is 47.9 Å². The smallest absolute Gasteiger partial charge is 0.244 e. The highest BCUT2D eigenvalue weighted by molar-refractivity contribution is 7.89. The van der Waals surface area contributed by atoms with Crippen molar-refractivity contribution in [1.29, 1.82) is 0 Å². The van der Waals surface area contributed by atoms with Crippen molar-refractivity contribution in [3.05, 3.63) is 48.5 Å². The van der Waals surface area contributed by atoms with E-state index in [0.29, 0.717) is 19.0 Å². The normalized spacial score (nSPS) is 18.0. The lowest BCUT2D eigenvalue weighted by Crippen LogP contribution is -2.28. The average molecular weight is 415 g/mol. The second kappa shape index (κ2) is 7.76. The molecular weight excluding hydrogens is 388 g/mol. The molecule has 0 bridgehead atoms. The van der Waals surface area contributed by atoms with Gasteiger partial charge in [0.1, 0.15) is 4.90 Å². The van der Waals surface area contributed by atoms with Gasteiger partial charge in [-0.3, -0.25) is 4.98 Å². The van der Waals surface area contributed by atoms with Crippen LogP contribution >= 0.6 is 0 Å². The summed E-state index contributed by atoms with van der Waals surface area (Å²) in [4.78, 5) is 8.59. The van der Waals surface area contributed by atoms with E-state index in [0.717, 1.165) is 23.9 Å². The molecule has 3 aromatic rings. The lowest BCUT2D eigenvalue weighted by molar-refractivity contribution is 0.232. The molecule has 1 fully saturated rings. The summed E-state index contributed by atoms with van der Waals surface area (Å²) in [7, 11) is -3.58. The Morgan fingerprint density at radius 3 is 2.76 bits per heavy atom. The Morgan fingerprint density at radius 2 is 2.07 bits per heavy atom. The standard InChI is InChI=1S/C21H26N4O3S/c1-4-24-14-19(18-7-9-22-12-20(18)24)16-8-10-25(13-16)29(26,27)17-5-6-21(23-11-17)28-15(2)3/h5-7,9,11-12,14-16H,4,8,10,13H2,1-3H3. The van der Waals surface area contributed by atoms with Crippen LogP contribution in [0.25, 0.3) is 10.9 Å². The molecule has 8 heteroatoms. The molecular formula is C21H26N4O3S. The van der Waals surface area contributed by atoms with Gasteiger partial charge in [-0.25, -0.2) is 13.4 Å². The minimum atomic E-state index is -3.58. The number of aryl methyl sites for hydroxylation is 1. The molecule has 4 heterocycles. The highest BCUT2D eigenvalue weighted by Gasteiger charge is 2.34. The van der Waals surface area contributed by atoms with Gasteiger partial charge in [-0.1, -0.05) is 0 Å². The second-order valence-corrected chi connectivity index (χ2v) is 9.55. The minimum absolute atomic E-state index is 0.00949. The van der Waals surface area contributed by atoms with E-state index < -0.39 is 10.0 Å². The van der Waals surface area contributed by atoms with Crippen molar-refractivity contribution in [2.75, 3.05) is 13.1 Å². The molecule has 154 valence electrons. The van der Waals surface area contributed by atoms with Crippen molar-refractivity contribution in [2.45, 2.75) is 50.7 Å². The Bertz CT molecular complexity index is 1110. The fraction of sp³-hybridized carbons (Fsp3) is 0.429. The Balaban J connectivity index is 1.57. The highest BCUT2D eigenvalue weighted by Crippen LogP contribution is 2.35. The Labute approximate surface area is 171 Å². The summed E-state index contributed by atoms with van der Waals surface area (Å²) in [6.45, 7) is 7.73. The van der Waals surface area contributed by atoms with Gasteiger partial charge < -0.3 is 9.30 Å². The van der Waals surface area contributed by atoms with Gasteiger partial charge in [0.2, 0.25) is 15.9 Å². The Hall–Kier alpha value is -2.45. The van der Waals surface area contributed by atoms with Gasteiger partial charge in [0, 0.05) is 49.4 Å². The predicted octanol–water partition coefficient (Wildman–Crippen LogP) is 3.42. The Kier molecular flexibility index (Phi) is 5.31. The van der Waals surface area contributed by atoms with E-state index in [9.17, 15) is 8.42 Å². The van der Waals surface area contributed by atoms with Crippen LogP contribution in [0, 0.1) is 0 Å². The van der Waals surface area contributed by atoms with Crippen LogP contribution in [-0.4, -0.2) is 46.5 Å².